The molecule has 2 aromatic carbocycles. The van der Waals surface area contributed by atoms with Gasteiger partial charge < -0.3 is 9.72 Å². The second-order valence-electron chi connectivity index (χ2n) is 8.22. The molecule has 2 heterocycles. The highest BCUT2D eigenvalue weighted by molar-refractivity contribution is 6.89. The van der Waals surface area contributed by atoms with Crippen LogP contribution in [0.25, 0.3) is 10.9 Å². The number of ether oxygens (including phenoxy) is 1. The molecule has 1 unspecified atom stereocenters. The molecule has 0 saturated carbocycles. The lowest BCUT2D eigenvalue weighted by Gasteiger charge is -2.37. The molecule has 27 heavy (non-hydrogen) atoms. The van der Waals surface area contributed by atoms with Crippen LogP contribution < -0.4 is 5.19 Å². The van der Waals surface area contributed by atoms with Crippen LogP contribution in [0.1, 0.15) is 22.9 Å². The topological polar surface area (TPSA) is 45.3 Å². The van der Waals surface area contributed by atoms with Crippen molar-refractivity contribution < 1.29 is 9.53 Å². The summed E-state index contributed by atoms with van der Waals surface area (Å²) in [7, 11) is -0.127. The molecule has 0 fully saturated rings. The molecule has 0 bridgehead atoms. The van der Waals surface area contributed by atoms with Gasteiger partial charge in [0.1, 0.15) is 6.04 Å². The molecule has 1 aliphatic heterocycles. The summed E-state index contributed by atoms with van der Waals surface area (Å²) >= 11 is 0. The SMILES string of the molecule is COC(=O)N1CCc2c([nH]c3ccccc23)C1c1ccccc1[Si](C)(C)C. The number of para-hydroxylation sites is 1. The van der Waals surface area contributed by atoms with E-state index < -0.39 is 8.07 Å². The second-order valence-corrected chi connectivity index (χ2v) is 13.3. The number of aromatic amines is 1. The van der Waals surface area contributed by atoms with Crippen LogP contribution in [0.15, 0.2) is 48.5 Å². The lowest BCUT2D eigenvalue weighted by molar-refractivity contribution is 0.108. The molecule has 5 heteroatoms. The zero-order chi connectivity index (χ0) is 19.2. The van der Waals surface area contributed by atoms with Gasteiger partial charge in [0, 0.05) is 23.1 Å². The van der Waals surface area contributed by atoms with E-state index >= 15 is 0 Å². The third-order valence-electron chi connectivity index (χ3n) is 5.51. The van der Waals surface area contributed by atoms with Crippen molar-refractivity contribution in [3.05, 3.63) is 65.4 Å². The van der Waals surface area contributed by atoms with Crippen molar-refractivity contribution in [2.75, 3.05) is 13.7 Å². The first-order valence-electron chi connectivity index (χ1n) is 9.45. The van der Waals surface area contributed by atoms with E-state index in [0.29, 0.717) is 6.54 Å². The summed E-state index contributed by atoms with van der Waals surface area (Å²) in [6.45, 7) is 7.71. The molecule has 1 aliphatic rings. The maximum Gasteiger partial charge on any atom is 0.410 e. The smallest absolute Gasteiger partial charge is 0.410 e. The first-order valence-corrected chi connectivity index (χ1v) is 13.0. The first kappa shape index (κ1) is 17.9. The van der Waals surface area contributed by atoms with Gasteiger partial charge in [0.15, 0.2) is 0 Å². The molecule has 0 spiro atoms. The molecule has 1 aromatic heterocycles. The number of rotatable bonds is 2. The minimum atomic E-state index is -1.59. The Morgan fingerprint density at radius 3 is 2.56 bits per heavy atom. The van der Waals surface area contributed by atoms with Crippen LogP contribution in [-0.2, 0) is 11.2 Å². The van der Waals surface area contributed by atoms with E-state index in [1.807, 2.05) is 11.0 Å². The molecule has 0 aliphatic carbocycles. The predicted octanol–water partition coefficient (Wildman–Crippen LogP) is 4.43. The average Bonchev–Trinajstić information content (AvgIpc) is 3.04. The third kappa shape index (κ3) is 2.96. The van der Waals surface area contributed by atoms with E-state index in [-0.39, 0.29) is 12.1 Å². The molecule has 4 rings (SSSR count). The predicted molar refractivity (Wildman–Crippen MR) is 112 cm³/mol. The lowest BCUT2D eigenvalue weighted by atomic mass is 9.92. The summed E-state index contributed by atoms with van der Waals surface area (Å²) < 4.78 is 5.14. The highest BCUT2D eigenvalue weighted by atomic mass is 28.3. The highest BCUT2D eigenvalue weighted by Gasteiger charge is 2.37. The number of fused-ring (bicyclic) bond motifs is 3. The standard InChI is InChI=1S/C22H26N2O2Si/c1-26-22(25)24-14-13-16-15-9-5-7-11-18(15)23-20(16)21(24)17-10-6-8-12-19(17)27(2,3)4/h5-12,21,23H,13-14H2,1-4H3. The quantitative estimate of drug-likeness (QED) is 0.671. The number of H-pyrrole nitrogens is 1. The minimum Gasteiger partial charge on any atom is -0.453 e. The van der Waals surface area contributed by atoms with Gasteiger partial charge in [0.2, 0.25) is 0 Å². The lowest BCUT2D eigenvalue weighted by Crippen LogP contribution is -2.46. The number of hydrogen-bond donors (Lipinski definition) is 1. The van der Waals surface area contributed by atoms with Crippen molar-refractivity contribution in [3.8, 4) is 0 Å². The number of benzene rings is 2. The monoisotopic (exact) mass is 378 g/mol. The molecule has 4 nitrogen and oxygen atoms in total. The second kappa shape index (κ2) is 6.57. The summed E-state index contributed by atoms with van der Waals surface area (Å²) in [6.07, 6.45) is 0.565. The van der Waals surface area contributed by atoms with Gasteiger partial charge in [-0.15, -0.1) is 0 Å². The summed E-state index contributed by atoms with van der Waals surface area (Å²) in [5.74, 6) is 0. The Morgan fingerprint density at radius 2 is 1.81 bits per heavy atom. The Hall–Kier alpha value is -2.53. The van der Waals surface area contributed by atoms with Crippen molar-refractivity contribution in [2.45, 2.75) is 32.1 Å². The number of carbonyl (C=O) groups is 1. The van der Waals surface area contributed by atoms with Crippen LogP contribution in [0, 0.1) is 0 Å². The van der Waals surface area contributed by atoms with Crippen LogP contribution >= 0.6 is 0 Å². The molecule has 1 atom stereocenters. The van der Waals surface area contributed by atoms with Gasteiger partial charge in [-0.1, -0.05) is 67.3 Å². The van der Waals surface area contributed by atoms with Crippen molar-refractivity contribution >= 4 is 30.3 Å². The normalized spacial score (nSPS) is 17.0. The Morgan fingerprint density at radius 1 is 1.11 bits per heavy atom. The van der Waals surface area contributed by atoms with Crippen LogP contribution in [0.3, 0.4) is 0 Å². The van der Waals surface area contributed by atoms with Crippen molar-refractivity contribution in [2.24, 2.45) is 0 Å². The average molecular weight is 379 g/mol. The molecular weight excluding hydrogens is 352 g/mol. The zero-order valence-electron chi connectivity index (χ0n) is 16.4. The van der Waals surface area contributed by atoms with E-state index in [1.165, 1.54) is 28.8 Å². The number of hydrogen-bond acceptors (Lipinski definition) is 2. The molecule has 140 valence electrons. The molecular formula is C22H26N2O2Si. The van der Waals surface area contributed by atoms with Gasteiger partial charge in [-0.25, -0.2) is 4.79 Å². The van der Waals surface area contributed by atoms with Crippen LogP contribution in [-0.4, -0.2) is 37.7 Å². The van der Waals surface area contributed by atoms with Crippen LogP contribution in [0.4, 0.5) is 4.79 Å². The number of aromatic nitrogens is 1. The molecule has 0 saturated heterocycles. The maximum atomic E-state index is 12.6. The van der Waals surface area contributed by atoms with Gasteiger partial charge in [-0.05, 0) is 23.6 Å². The molecule has 3 aromatic rings. The van der Waals surface area contributed by atoms with E-state index in [4.69, 9.17) is 4.74 Å². The van der Waals surface area contributed by atoms with E-state index in [0.717, 1.165) is 17.6 Å². The maximum absolute atomic E-state index is 12.6. The van der Waals surface area contributed by atoms with Crippen molar-refractivity contribution in [3.63, 3.8) is 0 Å². The fourth-order valence-electron chi connectivity index (χ4n) is 4.30. The Labute approximate surface area is 161 Å². The van der Waals surface area contributed by atoms with E-state index in [1.54, 1.807) is 0 Å². The van der Waals surface area contributed by atoms with Crippen molar-refractivity contribution in [1.29, 1.82) is 0 Å². The summed E-state index contributed by atoms with van der Waals surface area (Å²) in [6, 6.07) is 16.8. The van der Waals surface area contributed by atoms with Gasteiger partial charge in [-0.2, -0.15) is 0 Å². The molecule has 1 N–H and O–H groups in total. The molecule has 1 amide bonds. The number of methoxy groups -OCH3 is 1. The summed E-state index contributed by atoms with van der Waals surface area (Å²) in [5.41, 5.74) is 4.79. The van der Waals surface area contributed by atoms with Gasteiger partial charge >= 0.3 is 6.09 Å². The first-order chi connectivity index (χ1) is 12.9. The summed E-state index contributed by atoms with van der Waals surface area (Å²) in [5, 5.41) is 2.64. The summed E-state index contributed by atoms with van der Waals surface area (Å²) in [4.78, 5) is 18.1. The fraction of sp³-hybridized carbons (Fsp3) is 0.318. The van der Waals surface area contributed by atoms with Crippen LogP contribution in [0.2, 0.25) is 19.6 Å². The van der Waals surface area contributed by atoms with Crippen LogP contribution in [0.5, 0.6) is 0 Å². The van der Waals surface area contributed by atoms with Gasteiger partial charge in [0.05, 0.1) is 15.2 Å². The van der Waals surface area contributed by atoms with Crippen molar-refractivity contribution in [1.82, 2.24) is 9.88 Å². The Balaban J connectivity index is 1.97. The molecule has 0 radical (unpaired) electrons. The number of carbonyl (C=O) groups excluding carboxylic acids is 1. The largest absolute Gasteiger partial charge is 0.453 e. The number of nitrogens with zero attached hydrogens (tertiary/aromatic N) is 1. The fourth-order valence-corrected chi connectivity index (χ4v) is 5.98. The number of nitrogens with one attached hydrogen (secondary N) is 1. The van der Waals surface area contributed by atoms with Gasteiger partial charge in [-0.3, -0.25) is 4.90 Å². The third-order valence-corrected chi connectivity index (χ3v) is 7.58. The zero-order valence-corrected chi connectivity index (χ0v) is 17.4. The highest BCUT2D eigenvalue weighted by Crippen LogP contribution is 2.38. The van der Waals surface area contributed by atoms with Gasteiger partial charge in [0.25, 0.3) is 0 Å². The minimum absolute atomic E-state index is 0.142. The Bertz CT molecular complexity index is 1000. The number of amides is 1. The van der Waals surface area contributed by atoms with E-state index in [2.05, 4.69) is 67.1 Å². The Kier molecular flexibility index (Phi) is 4.34. The van der Waals surface area contributed by atoms with E-state index in [9.17, 15) is 4.79 Å².